The van der Waals surface area contributed by atoms with E-state index in [9.17, 15) is 8.78 Å². The maximum absolute atomic E-state index is 13.5. The summed E-state index contributed by atoms with van der Waals surface area (Å²) in [4.78, 5) is 13.3. The van der Waals surface area contributed by atoms with Crippen molar-refractivity contribution in [3.63, 3.8) is 0 Å². The van der Waals surface area contributed by atoms with Crippen molar-refractivity contribution in [1.82, 2.24) is 19.5 Å². The SMILES string of the molecule is Cc1nc2ccccc2nc1Cn1cnc2cc(F)c(F)cc21. The largest absolute Gasteiger partial charge is 0.324 e. The number of rotatable bonds is 2. The van der Waals surface area contributed by atoms with Crippen LogP contribution in [0, 0.1) is 18.6 Å². The maximum Gasteiger partial charge on any atom is 0.161 e. The fourth-order valence-electron chi connectivity index (χ4n) is 2.62. The summed E-state index contributed by atoms with van der Waals surface area (Å²) in [6, 6.07) is 9.87. The van der Waals surface area contributed by atoms with E-state index in [0.717, 1.165) is 34.6 Å². The van der Waals surface area contributed by atoms with Crippen molar-refractivity contribution in [2.75, 3.05) is 0 Å². The Morgan fingerprint density at radius 2 is 1.65 bits per heavy atom. The summed E-state index contributed by atoms with van der Waals surface area (Å²) in [6.07, 6.45) is 1.56. The summed E-state index contributed by atoms with van der Waals surface area (Å²) in [7, 11) is 0. The average Bonchev–Trinajstić information content (AvgIpc) is 2.90. The summed E-state index contributed by atoms with van der Waals surface area (Å²) in [5.74, 6) is -1.79. The second-order valence-corrected chi connectivity index (χ2v) is 5.37. The fourth-order valence-corrected chi connectivity index (χ4v) is 2.62. The minimum atomic E-state index is -0.899. The van der Waals surface area contributed by atoms with Crippen LogP contribution < -0.4 is 0 Å². The zero-order chi connectivity index (χ0) is 16.0. The molecule has 4 rings (SSSR count). The van der Waals surface area contributed by atoms with Crippen molar-refractivity contribution in [2.45, 2.75) is 13.5 Å². The van der Waals surface area contributed by atoms with E-state index >= 15 is 0 Å². The van der Waals surface area contributed by atoms with Crippen LogP contribution in [0.2, 0.25) is 0 Å². The first-order chi connectivity index (χ1) is 11.1. The van der Waals surface area contributed by atoms with Gasteiger partial charge in [0.15, 0.2) is 11.6 Å². The number of imidazole rings is 1. The van der Waals surface area contributed by atoms with E-state index < -0.39 is 11.6 Å². The van der Waals surface area contributed by atoms with Gasteiger partial charge in [0.05, 0.1) is 46.3 Å². The van der Waals surface area contributed by atoms with Gasteiger partial charge in [0.2, 0.25) is 0 Å². The van der Waals surface area contributed by atoms with Gasteiger partial charge in [-0.2, -0.15) is 0 Å². The molecule has 0 saturated carbocycles. The quantitative estimate of drug-likeness (QED) is 0.568. The van der Waals surface area contributed by atoms with Crippen LogP contribution in [0.3, 0.4) is 0 Å². The van der Waals surface area contributed by atoms with Gasteiger partial charge in [-0.05, 0) is 19.1 Å². The average molecular weight is 310 g/mol. The summed E-state index contributed by atoms with van der Waals surface area (Å²) in [5, 5.41) is 0. The molecule has 114 valence electrons. The standard InChI is InChI=1S/C17H12F2N4/c1-10-16(22-14-5-3-2-4-13(14)21-10)8-23-9-20-15-6-11(18)12(19)7-17(15)23/h2-7,9H,8H2,1H3. The number of aromatic nitrogens is 4. The highest BCUT2D eigenvalue weighted by Crippen LogP contribution is 2.19. The molecule has 0 radical (unpaired) electrons. The molecule has 4 nitrogen and oxygen atoms in total. The number of hydrogen-bond donors (Lipinski definition) is 0. The summed E-state index contributed by atoms with van der Waals surface area (Å²) in [5.41, 5.74) is 4.14. The molecule has 23 heavy (non-hydrogen) atoms. The molecular weight excluding hydrogens is 298 g/mol. The minimum absolute atomic E-state index is 0.394. The summed E-state index contributed by atoms with van der Waals surface area (Å²) >= 11 is 0. The minimum Gasteiger partial charge on any atom is -0.324 e. The van der Waals surface area contributed by atoms with Crippen molar-refractivity contribution in [3.05, 3.63) is 65.7 Å². The molecule has 0 saturated heterocycles. The van der Waals surface area contributed by atoms with Crippen LogP contribution in [0.1, 0.15) is 11.4 Å². The highest BCUT2D eigenvalue weighted by Gasteiger charge is 2.11. The number of halogens is 2. The molecule has 0 aliphatic heterocycles. The van der Waals surface area contributed by atoms with E-state index in [-0.39, 0.29) is 0 Å². The van der Waals surface area contributed by atoms with Crippen LogP contribution in [0.5, 0.6) is 0 Å². The highest BCUT2D eigenvalue weighted by atomic mass is 19.2. The third-order valence-electron chi connectivity index (χ3n) is 3.83. The molecule has 2 aromatic heterocycles. The van der Waals surface area contributed by atoms with E-state index in [1.54, 1.807) is 10.9 Å². The molecule has 0 spiro atoms. The van der Waals surface area contributed by atoms with E-state index in [1.165, 1.54) is 0 Å². The van der Waals surface area contributed by atoms with E-state index in [1.807, 2.05) is 31.2 Å². The van der Waals surface area contributed by atoms with Crippen molar-refractivity contribution in [2.24, 2.45) is 0 Å². The lowest BCUT2D eigenvalue weighted by atomic mass is 10.2. The number of nitrogens with zero attached hydrogens (tertiary/aromatic N) is 4. The molecule has 0 N–H and O–H groups in total. The molecule has 4 aromatic rings. The van der Waals surface area contributed by atoms with Crippen LogP contribution in [0.15, 0.2) is 42.7 Å². The third-order valence-corrected chi connectivity index (χ3v) is 3.83. The van der Waals surface area contributed by atoms with Gasteiger partial charge in [-0.1, -0.05) is 12.1 Å². The zero-order valence-electron chi connectivity index (χ0n) is 12.3. The van der Waals surface area contributed by atoms with E-state index in [0.29, 0.717) is 17.6 Å². The Morgan fingerprint density at radius 3 is 2.43 bits per heavy atom. The molecular formula is C17H12F2N4. The van der Waals surface area contributed by atoms with Crippen LogP contribution in [0.25, 0.3) is 22.1 Å². The van der Waals surface area contributed by atoms with Gasteiger partial charge in [-0.3, -0.25) is 0 Å². The summed E-state index contributed by atoms with van der Waals surface area (Å²) in [6.45, 7) is 2.28. The molecule has 0 amide bonds. The Labute approximate surface area is 130 Å². The predicted octanol–water partition coefficient (Wildman–Crippen LogP) is 3.61. The first-order valence-electron chi connectivity index (χ1n) is 7.14. The predicted molar refractivity (Wildman–Crippen MR) is 83.0 cm³/mol. The first kappa shape index (κ1) is 13.8. The molecule has 0 atom stereocenters. The van der Waals surface area contributed by atoms with Crippen LogP contribution in [-0.2, 0) is 6.54 Å². The number of hydrogen-bond acceptors (Lipinski definition) is 3. The lowest BCUT2D eigenvalue weighted by Gasteiger charge is -2.08. The van der Waals surface area contributed by atoms with Crippen molar-refractivity contribution < 1.29 is 8.78 Å². The topological polar surface area (TPSA) is 43.6 Å². The van der Waals surface area contributed by atoms with Gasteiger partial charge < -0.3 is 4.57 Å². The van der Waals surface area contributed by atoms with Crippen LogP contribution in [0.4, 0.5) is 8.78 Å². The lowest BCUT2D eigenvalue weighted by Crippen LogP contribution is -2.05. The van der Waals surface area contributed by atoms with Gasteiger partial charge in [0.25, 0.3) is 0 Å². The first-order valence-corrected chi connectivity index (χ1v) is 7.14. The van der Waals surface area contributed by atoms with Crippen LogP contribution in [-0.4, -0.2) is 19.5 Å². The zero-order valence-corrected chi connectivity index (χ0v) is 12.3. The molecule has 0 aliphatic rings. The van der Waals surface area contributed by atoms with Gasteiger partial charge in [0.1, 0.15) is 0 Å². The van der Waals surface area contributed by atoms with E-state index in [4.69, 9.17) is 0 Å². The number of fused-ring (bicyclic) bond motifs is 2. The molecule has 2 aromatic carbocycles. The second kappa shape index (κ2) is 5.08. The number of aryl methyl sites for hydroxylation is 1. The van der Waals surface area contributed by atoms with E-state index in [2.05, 4.69) is 15.0 Å². The van der Waals surface area contributed by atoms with Gasteiger partial charge >= 0.3 is 0 Å². The maximum atomic E-state index is 13.5. The van der Waals surface area contributed by atoms with Gasteiger partial charge in [0, 0.05) is 12.1 Å². The number of benzene rings is 2. The Bertz CT molecular complexity index is 1040. The monoisotopic (exact) mass is 310 g/mol. The Hall–Kier alpha value is -2.89. The molecule has 2 heterocycles. The smallest absolute Gasteiger partial charge is 0.161 e. The van der Waals surface area contributed by atoms with Crippen molar-refractivity contribution in [3.8, 4) is 0 Å². The molecule has 0 fully saturated rings. The third kappa shape index (κ3) is 2.32. The highest BCUT2D eigenvalue weighted by molar-refractivity contribution is 5.76. The lowest BCUT2D eigenvalue weighted by molar-refractivity contribution is 0.510. The summed E-state index contributed by atoms with van der Waals surface area (Å²) < 4.78 is 28.5. The Balaban J connectivity index is 1.81. The molecule has 0 unspecified atom stereocenters. The number of para-hydroxylation sites is 2. The second-order valence-electron chi connectivity index (χ2n) is 5.37. The Kier molecular flexibility index (Phi) is 3.04. The van der Waals surface area contributed by atoms with Crippen molar-refractivity contribution >= 4 is 22.1 Å². The van der Waals surface area contributed by atoms with Crippen molar-refractivity contribution in [1.29, 1.82) is 0 Å². The van der Waals surface area contributed by atoms with Gasteiger partial charge in [-0.15, -0.1) is 0 Å². The molecule has 0 aliphatic carbocycles. The Morgan fingerprint density at radius 1 is 0.957 bits per heavy atom. The molecule has 0 bridgehead atoms. The fraction of sp³-hybridized carbons (Fsp3) is 0.118. The molecule has 6 heteroatoms. The normalized spacial score (nSPS) is 11.4. The van der Waals surface area contributed by atoms with Crippen LogP contribution >= 0.6 is 0 Å². The van der Waals surface area contributed by atoms with Gasteiger partial charge in [-0.25, -0.2) is 23.7 Å².